The van der Waals surface area contributed by atoms with Crippen LogP contribution < -0.4 is 5.32 Å². The summed E-state index contributed by atoms with van der Waals surface area (Å²) in [6.45, 7) is 8.44. The Morgan fingerprint density at radius 1 is 1.46 bits per heavy atom. The summed E-state index contributed by atoms with van der Waals surface area (Å²) < 4.78 is 0. The zero-order valence-corrected chi connectivity index (χ0v) is 8.97. The van der Waals surface area contributed by atoms with Gasteiger partial charge in [-0.1, -0.05) is 6.92 Å². The maximum Gasteiger partial charge on any atom is 0.0193 e. The first-order chi connectivity index (χ1) is 6.24. The van der Waals surface area contributed by atoms with E-state index in [4.69, 9.17) is 0 Å². The highest BCUT2D eigenvalue weighted by Crippen LogP contribution is 2.37. The summed E-state index contributed by atoms with van der Waals surface area (Å²) in [6, 6.07) is 0.742. The molecule has 1 saturated carbocycles. The zero-order chi connectivity index (χ0) is 9.31. The molecule has 1 unspecified atom stereocenters. The fourth-order valence-electron chi connectivity index (χ4n) is 2.59. The van der Waals surface area contributed by atoms with E-state index in [0.717, 1.165) is 6.04 Å². The predicted molar refractivity (Wildman–Crippen MR) is 55.9 cm³/mol. The Labute approximate surface area is 81.7 Å². The van der Waals surface area contributed by atoms with E-state index in [1.807, 2.05) is 0 Å². The molecule has 0 aromatic rings. The highest BCUT2D eigenvalue weighted by atomic mass is 15.3. The third kappa shape index (κ3) is 1.75. The van der Waals surface area contributed by atoms with Gasteiger partial charge >= 0.3 is 0 Å². The van der Waals surface area contributed by atoms with Crippen molar-refractivity contribution in [3.63, 3.8) is 0 Å². The van der Waals surface area contributed by atoms with Gasteiger partial charge in [-0.15, -0.1) is 0 Å². The van der Waals surface area contributed by atoms with Gasteiger partial charge in [-0.05, 0) is 32.6 Å². The second-order valence-corrected chi connectivity index (χ2v) is 4.86. The molecular weight excluding hydrogens is 160 g/mol. The average molecular weight is 182 g/mol. The molecule has 0 radical (unpaired) electrons. The Morgan fingerprint density at radius 2 is 2.23 bits per heavy atom. The van der Waals surface area contributed by atoms with Crippen molar-refractivity contribution in [2.45, 2.75) is 51.1 Å². The van der Waals surface area contributed by atoms with Crippen LogP contribution in [0.25, 0.3) is 0 Å². The van der Waals surface area contributed by atoms with Crippen LogP contribution in [-0.4, -0.2) is 36.1 Å². The van der Waals surface area contributed by atoms with Crippen molar-refractivity contribution in [1.82, 2.24) is 10.2 Å². The van der Waals surface area contributed by atoms with E-state index in [0.29, 0.717) is 5.54 Å². The molecule has 1 N–H and O–H groups in total. The van der Waals surface area contributed by atoms with E-state index in [-0.39, 0.29) is 0 Å². The van der Waals surface area contributed by atoms with E-state index in [1.54, 1.807) is 0 Å². The van der Waals surface area contributed by atoms with Crippen molar-refractivity contribution in [3.8, 4) is 0 Å². The van der Waals surface area contributed by atoms with E-state index >= 15 is 0 Å². The van der Waals surface area contributed by atoms with Gasteiger partial charge in [0, 0.05) is 31.2 Å². The first-order valence-corrected chi connectivity index (χ1v) is 5.73. The maximum atomic E-state index is 3.58. The molecule has 2 fully saturated rings. The lowest BCUT2D eigenvalue weighted by Crippen LogP contribution is -2.60. The Morgan fingerprint density at radius 3 is 2.77 bits per heavy atom. The van der Waals surface area contributed by atoms with Gasteiger partial charge in [0.25, 0.3) is 0 Å². The number of nitrogens with zero attached hydrogens (tertiary/aromatic N) is 1. The minimum atomic E-state index is 0.565. The van der Waals surface area contributed by atoms with Crippen LogP contribution in [0.5, 0.6) is 0 Å². The topological polar surface area (TPSA) is 15.3 Å². The van der Waals surface area contributed by atoms with Crippen molar-refractivity contribution in [2.75, 3.05) is 19.6 Å². The van der Waals surface area contributed by atoms with Crippen molar-refractivity contribution < 1.29 is 0 Å². The van der Waals surface area contributed by atoms with Crippen molar-refractivity contribution in [1.29, 1.82) is 0 Å². The third-order valence-corrected chi connectivity index (χ3v) is 3.94. The van der Waals surface area contributed by atoms with Gasteiger partial charge in [0.05, 0.1) is 0 Å². The van der Waals surface area contributed by atoms with Crippen molar-refractivity contribution >= 4 is 0 Å². The summed E-state index contributed by atoms with van der Waals surface area (Å²) in [5, 5.41) is 3.58. The normalized spacial score (nSPS) is 34.2. The van der Waals surface area contributed by atoms with Crippen molar-refractivity contribution in [2.24, 2.45) is 0 Å². The molecule has 76 valence electrons. The number of hydrogen-bond donors (Lipinski definition) is 1. The summed E-state index contributed by atoms with van der Waals surface area (Å²) in [5.41, 5.74) is 0.565. The molecule has 0 bridgehead atoms. The van der Waals surface area contributed by atoms with Crippen LogP contribution in [0, 0.1) is 0 Å². The summed E-state index contributed by atoms with van der Waals surface area (Å²) in [4.78, 5) is 2.71. The first-order valence-electron chi connectivity index (χ1n) is 5.73. The minimum absolute atomic E-state index is 0.565. The predicted octanol–water partition coefficient (Wildman–Crippen LogP) is 1.61. The van der Waals surface area contributed by atoms with E-state index in [9.17, 15) is 0 Å². The van der Waals surface area contributed by atoms with E-state index in [1.165, 1.54) is 45.3 Å². The maximum absolute atomic E-state index is 3.58. The summed E-state index contributed by atoms with van der Waals surface area (Å²) in [6.07, 6.45) is 5.55. The summed E-state index contributed by atoms with van der Waals surface area (Å²) >= 11 is 0. The van der Waals surface area contributed by atoms with Crippen LogP contribution in [-0.2, 0) is 0 Å². The van der Waals surface area contributed by atoms with E-state index < -0.39 is 0 Å². The van der Waals surface area contributed by atoms with Gasteiger partial charge in [0.2, 0.25) is 0 Å². The minimum Gasteiger partial charge on any atom is -0.311 e. The number of piperazine rings is 1. The van der Waals surface area contributed by atoms with Crippen LogP contribution in [0.15, 0.2) is 0 Å². The number of hydrogen-bond acceptors (Lipinski definition) is 2. The van der Waals surface area contributed by atoms with Gasteiger partial charge in [-0.25, -0.2) is 0 Å². The molecule has 2 heteroatoms. The molecule has 0 spiro atoms. The van der Waals surface area contributed by atoms with Gasteiger partial charge in [0.1, 0.15) is 0 Å². The molecular formula is C11H22N2. The largest absolute Gasteiger partial charge is 0.311 e. The average Bonchev–Trinajstić information content (AvgIpc) is 2.14. The summed E-state index contributed by atoms with van der Waals surface area (Å²) in [5.74, 6) is 0. The van der Waals surface area contributed by atoms with Gasteiger partial charge in [0.15, 0.2) is 0 Å². The summed E-state index contributed by atoms with van der Waals surface area (Å²) in [7, 11) is 0. The van der Waals surface area contributed by atoms with Crippen molar-refractivity contribution in [3.05, 3.63) is 0 Å². The molecule has 13 heavy (non-hydrogen) atoms. The first kappa shape index (κ1) is 9.47. The van der Waals surface area contributed by atoms with Gasteiger partial charge in [-0.2, -0.15) is 0 Å². The second-order valence-electron chi connectivity index (χ2n) is 4.86. The molecule has 0 amide bonds. The number of rotatable bonds is 2. The lowest BCUT2D eigenvalue weighted by molar-refractivity contribution is 0.00965. The Bertz CT molecular complexity index is 175. The molecule has 0 aromatic carbocycles. The monoisotopic (exact) mass is 182 g/mol. The quantitative estimate of drug-likeness (QED) is 0.698. The Hall–Kier alpha value is -0.0800. The third-order valence-electron chi connectivity index (χ3n) is 3.94. The van der Waals surface area contributed by atoms with Gasteiger partial charge < -0.3 is 5.32 Å². The lowest BCUT2D eigenvalue weighted by atomic mass is 9.76. The highest BCUT2D eigenvalue weighted by Gasteiger charge is 2.39. The molecule has 1 aliphatic carbocycles. The Balaban J connectivity index is 1.91. The van der Waals surface area contributed by atoms with Crippen LogP contribution in [0.2, 0.25) is 0 Å². The molecule has 1 atom stereocenters. The highest BCUT2D eigenvalue weighted by molar-refractivity contribution is 4.96. The van der Waals surface area contributed by atoms with Crippen LogP contribution in [0.4, 0.5) is 0 Å². The second kappa shape index (κ2) is 3.58. The van der Waals surface area contributed by atoms with Crippen LogP contribution in [0.1, 0.15) is 39.5 Å². The molecule has 1 heterocycles. The molecule has 0 aromatic heterocycles. The molecule has 1 saturated heterocycles. The lowest BCUT2D eigenvalue weighted by Gasteiger charge is -2.51. The molecule has 2 rings (SSSR count). The zero-order valence-electron chi connectivity index (χ0n) is 8.97. The smallest absolute Gasteiger partial charge is 0.0193 e. The standard InChI is InChI=1S/C11H22N2/c1-3-10-9-13(8-7-12-10)11(2)5-4-6-11/h10,12H,3-9H2,1-2H3. The van der Waals surface area contributed by atoms with Crippen LogP contribution >= 0.6 is 0 Å². The SMILES string of the molecule is CCC1CN(C2(C)CCC2)CCN1. The molecule has 2 nitrogen and oxygen atoms in total. The fraction of sp³-hybridized carbons (Fsp3) is 1.00. The molecule has 1 aliphatic heterocycles. The number of nitrogens with one attached hydrogen (secondary N) is 1. The van der Waals surface area contributed by atoms with Gasteiger partial charge in [-0.3, -0.25) is 4.90 Å². The molecule has 2 aliphatic rings. The van der Waals surface area contributed by atoms with Crippen LogP contribution in [0.3, 0.4) is 0 Å². The Kier molecular flexibility index (Phi) is 2.61. The fourth-order valence-corrected chi connectivity index (χ4v) is 2.59. The van der Waals surface area contributed by atoms with E-state index in [2.05, 4.69) is 24.1 Å².